The molecule has 2 fully saturated rings. The maximum Gasteiger partial charge on any atom is 0.244 e. The molecule has 21 heavy (non-hydrogen) atoms. The van der Waals surface area contributed by atoms with Crippen molar-refractivity contribution in [2.75, 3.05) is 30.1 Å². The lowest BCUT2D eigenvalue weighted by Crippen LogP contribution is -2.45. The summed E-state index contributed by atoms with van der Waals surface area (Å²) in [6.45, 7) is 0.762. The minimum atomic E-state index is -0.0389. The van der Waals surface area contributed by atoms with Crippen LogP contribution in [0.3, 0.4) is 0 Å². The second-order valence-corrected chi connectivity index (χ2v) is 6.78. The summed E-state index contributed by atoms with van der Waals surface area (Å²) in [5.74, 6) is 3.35. The van der Waals surface area contributed by atoms with Gasteiger partial charge in [-0.15, -0.1) is 0 Å². The van der Waals surface area contributed by atoms with Crippen LogP contribution in [0.5, 0.6) is 5.75 Å². The zero-order valence-corrected chi connectivity index (χ0v) is 13.2. The Kier molecular flexibility index (Phi) is 4.70. The van der Waals surface area contributed by atoms with Crippen LogP contribution in [-0.4, -0.2) is 43.2 Å². The van der Waals surface area contributed by atoms with Crippen molar-refractivity contribution in [3.63, 3.8) is 0 Å². The Morgan fingerprint density at radius 2 is 2.00 bits per heavy atom. The maximum absolute atomic E-state index is 12.7. The lowest BCUT2D eigenvalue weighted by Gasteiger charge is -2.26. The van der Waals surface area contributed by atoms with Gasteiger partial charge in [0.05, 0.1) is 18.8 Å². The highest BCUT2D eigenvalue weighted by Crippen LogP contribution is 2.31. The molecule has 0 unspecified atom stereocenters. The van der Waals surface area contributed by atoms with Crippen LogP contribution < -0.4 is 15.0 Å². The number of carbonyl (C=O) groups excluding carboxylic acids is 1. The molecule has 0 aliphatic carbocycles. The number of hydrogen-bond acceptors (Lipinski definition) is 4. The van der Waals surface area contributed by atoms with Crippen molar-refractivity contribution in [3.05, 3.63) is 24.3 Å². The van der Waals surface area contributed by atoms with E-state index in [2.05, 4.69) is 5.32 Å². The number of methoxy groups -OCH3 is 1. The van der Waals surface area contributed by atoms with Crippen molar-refractivity contribution >= 4 is 23.4 Å². The van der Waals surface area contributed by atoms with Gasteiger partial charge < -0.3 is 15.0 Å². The molecule has 0 spiro atoms. The van der Waals surface area contributed by atoms with E-state index in [0.717, 1.165) is 24.4 Å². The second-order valence-electron chi connectivity index (χ2n) is 5.56. The van der Waals surface area contributed by atoms with E-state index in [1.807, 2.05) is 40.9 Å². The summed E-state index contributed by atoms with van der Waals surface area (Å²) in [7, 11) is 1.65. The minimum absolute atomic E-state index is 0.0389. The van der Waals surface area contributed by atoms with E-state index in [4.69, 9.17) is 4.74 Å². The van der Waals surface area contributed by atoms with Crippen LogP contribution in [0.25, 0.3) is 0 Å². The number of nitrogens with zero attached hydrogens (tertiary/aromatic N) is 1. The van der Waals surface area contributed by atoms with Crippen molar-refractivity contribution in [1.82, 2.24) is 5.32 Å². The smallest absolute Gasteiger partial charge is 0.244 e. The molecule has 4 nitrogen and oxygen atoms in total. The average Bonchev–Trinajstić information content (AvgIpc) is 2.89. The molecule has 0 bridgehead atoms. The average molecular weight is 306 g/mol. The summed E-state index contributed by atoms with van der Waals surface area (Å²) in [6.07, 6.45) is 3.22. The van der Waals surface area contributed by atoms with Gasteiger partial charge in [0, 0.05) is 12.6 Å². The lowest BCUT2D eigenvalue weighted by molar-refractivity contribution is -0.119. The van der Waals surface area contributed by atoms with Crippen LogP contribution in [0, 0.1) is 0 Å². The molecule has 114 valence electrons. The van der Waals surface area contributed by atoms with Gasteiger partial charge in [0.25, 0.3) is 0 Å². The molecule has 1 amide bonds. The fourth-order valence-electron chi connectivity index (χ4n) is 3.08. The molecule has 2 saturated heterocycles. The van der Waals surface area contributed by atoms with Crippen molar-refractivity contribution in [3.8, 4) is 5.75 Å². The third kappa shape index (κ3) is 3.19. The highest BCUT2D eigenvalue weighted by molar-refractivity contribution is 7.99. The Labute approximate surface area is 130 Å². The first-order chi connectivity index (χ1) is 10.3. The van der Waals surface area contributed by atoms with Gasteiger partial charge >= 0.3 is 0 Å². The molecule has 0 saturated carbocycles. The van der Waals surface area contributed by atoms with Crippen LogP contribution in [-0.2, 0) is 4.79 Å². The first-order valence-electron chi connectivity index (χ1n) is 7.58. The van der Waals surface area contributed by atoms with Gasteiger partial charge in [0.2, 0.25) is 5.91 Å². The van der Waals surface area contributed by atoms with E-state index >= 15 is 0 Å². The second kappa shape index (κ2) is 6.71. The lowest BCUT2D eigenvalue weighted by atomic mass is 10.1. The Bertz CT molecular complexity index is 503. The normalized spacial score (nSPS) is 23.6. The Balaban J connectivity index is 1.68. The summed E-state index contributed by atoms with van der Waals surface area (Å²) in [4.78, 5) is 14.5. The number of anilines is 1. The predicted molar refractivity (Wildman–Crippen MR) is 87.2 cm³/mol. The summed E-state index contributed by atoms with van der Waals surface area (Å²) >= 11 is 2.01. The van der Waals surface area contributed by atoms with E-state index in [0.29, 0.717) is 6.04 Å². The van der Waals surface area contributed by atoms with E-state index < -0.39 is 0 Å². The molecule has 2 aliphatic rings. The minimum Gasteiger partial charge on any atom is -0.495 e. The Morgan fingerprint density at radius 3 is 2.76 bits per heavy atom. The van der Waals surface area contributed by atoms with Crippen LogP contribution in [0.15, 0.2) is 24.3 Å². The van der Waals surface area contributed by atoms with Gasteiger partial charge in [0.15, 0.2) is 0 Å². The van der Waals surface area contributed by atoms with Gasteiger partial charge in [-0.3, -0.25) is 4.79 Å². The van der Waals surface area contributed by atoms with E-state index in [9.17, 15) is 4.79 Å². The van der Waals surface area contributed by atoms with Gasteiger partial charge in [-0.25, -0.2) is 0 Å². The monoisotopic (exact) mass is 306 g/mol. The predicted octanol–water partition coefficient (Wildman–Crippen LogP) is 2.29. The summed E-state index contributed by atoms with van der Waals surface area (Å²) < 4.78 is 5.37. The van der Waals surface area contributed by atoms with E-state index in [1.165, 1.54) is 24.3 Å². The highest BCUT2D eigenvalue weighted by atomic mass is 32.2. The molecule has 2 heterocycles. The molecule has 1 N–H and O–H groups in total. The summed E-state index contributed by atoms with van der Waals surface area (Å²) in [5, 5.41) is 3.56. The third-order valence-electron chi connectivity index (χ3n) is 4.24. The highest BCUT2D eigenvalue weighted by Gasteiger charge is 2.35. The first kappa shape index (κ1) is 14.7. The number of para-hydroxylation sites is 2. The zero-order chi connectivity index (χ0) is 14.7. The number of amides is 1. The number of thioether (sulfide) groups is 1. The molecule has 3 rings (SSSR count). The number of hydrogen-bond donors (Lipinski definition) is 1. The van der Waals surface area contributed by atoms with Crippen LogP contribution >= 0.6 is 11.8 Å². The van der Waals surface area contributed by atoms with Crippen molar-refractivity contribution in [2.45, 2.75) is 31.3 Å². The number of carbonyl (C=O) groups is 1. The van der Waals surface area contributed by atoms with E-state index in [-0.39, 0.29) is 11.9 Å². The van der Waals surface area contributed by atoms with Gasteiger partial charge in [-0.1, -0.05) is 12.1 Å². The van der Waals surface area contributed by atoms with Crippen molar-refractivity contribution < 1.29 is 9.53 Å². The van der Waals surface area contributed by atoms with Gasteiger partial charge in [-0.05, 0) is 42.9 Å². The summed E-state index contributed by atoms with van der Waals surface area (Å²) in [5.41, 5.74) is 0.883. The fraction of sp³-hybridized carbons (Fsp3) is 0.562. The van der Waals surface area contributed by atoms with Crippen LogP contribution in [0.1, 0.15) is 19.3 Å². The molecule has 1 aromatic carbocycles. The molecular formula is C16H22N2O2S. The van der Waals surface area contributed by atoms with Crippen LogP contribution in [0.2, 0.25) is 0 Å². The molecule has 0 aromatic heterocycles. The number of nitrogens with one attached hydrogen (secondary N) is 1. The number of ether oxygens (including phenoxy) is 1. The van der Waals surface area contributed by atoms with E-state index in [1.54, 1.807) is 7.11 Å². The zero-order valence-electron chi connectivity index (χ0n) is 12.4. The quantitative estimate of drug-likeness (QED) is 0.927. The standard InChI is InChI=1S/C16H22N2O2S/c1-20-15-5-3-2-4-14(15)18-9-6-13(16(18)19)17-12-7-10-21-11-8-12/h2-5,12-13,17H,6-11H2,1H3/t13-/m0/s1. The number of benzene rings is 1. The topological polar surface area (TPSA) is 41.6 Å². The van der Waals surface area contributed by atoms with Gasteiger partial charge in [-0.2, -0.15) is 11.8 Å². The van der Waals surface area contributed by atoms with Gasteiger partial charge in [0.1, 0.15) is 5.75 Å². The maximum atomic E-state index is 12.7. The number of rotatable bonds is 4. The molecule has 1 aromatic rings. The molecule has 5 heteroatoms. The molecule has 1 atom stereocenters. The van der Waals surface area contributed by atoms with Crippen LogP contribution in [0.4, 0.5) is 5.69 Å². The molecule has 0 radical (unpaired) electrons. The fourth-order valence-corrected chi connectivity index (χ4v) is 4.18. The van der Waals surface area contributed by atoms with Crippen molar-refractivity contribution in [2.24, 2.45) is 0 Å². The Hall–Kier alpha value is -1.20. The third-order valence-corrected chi connectivity index (χ3v) is 5.29. The first-order valence-corrected chi connectivity index (χ1v) is 8.73. The van der Waals surface area contributed by atoms with Crippen molar-refractivity contribution in [1.29, 1.82) is 0 Å². The largest absolute Gasteiger partial charge is 0.495 e. The molecular weight excluding hydrogens is 284 g/mol. The summed E-state index contributed by atoms with van der Waals surface area (Å²) in [6, 6.07) is 8.20. The SMILES string of the molecule is COc1ccccc1N1CC[C@H](NC2CCSCC2)C1=O. The Morgan fingerprint density at radius 1 is 1.24 bits per heavy atom. The molecule has 2 aliphatic heterocycles.